The highest BCUT2D eigenvalue weighted by atomic mass is 16.2. The van der Waals surface area contributed by atoms with E-state index in [1.807, 2.05) is 4.90 Å². The number of carbonyl (C=O) groups is 1. The Morgan fingerprint density at radius 3 is 2.72 bits per heavy atom. The highest BCUT2D eigenvalue weighted by Crippen LogP contribution is 2.28. The molecular weight excluding hydrogens is 226 g/mol. The van der Waals surface area contributed by atoms with Gasteiger partial charge in [0.15, 0.2) is 0 Å². The summed E-state index contributed by atoms with van der Waals surface area (Å²) in [6.07, 6.45) is 6.30. The van der Waals surface area contributed by atoms with Crippen LogP contribution >= 0.6 is 0 Å². The molecule has 0 radical (unpaired) electrons. The Balaban J connectivity index is 2.34. The maximum atomic E-state index is 12.1. The third-order valence-corrected chi connectivity index (χ3v) is 3.69. The highest BCUT2D eigenvalue weighted by molar-refractivity contribution is 5.76. The lowest BCUT2D eigenvalue weighted by molar-refractivity contribution is -0.132. The Labute approximate surface area is 110 Å². The van der Waals surface area contributed by atoms with E-state index in [9.17, 15) is 4.79 Å². The van der Waals surface area contributed by atoms with Crippen molar-refractivity contribution in [2.75, 3.05) is 13.1 Å². The van der Waals surface area contributed by atoms with Gasteiger partial charge in [0, 0.05) is 19.0 Å². The summed E-state index contributed by atoms with van der Waals surface area (Å²) >= 11 is 0. The van der Waals surface area contributed by atoms with Crippen molar-refractivity contribution < 1.29 is 4.79 Å². The lowest BCUT2D eigenvalue weighted by Crippen LogP contribution is -2.34. The van der Waals surface area contributed by atoms with Crippen molar-refractivity contribution in [2.24, 2.45) is 11.7 Å². The largest absolute Gasteiger partial charge is 0.339 e. The van der Waals surface area contributed by atoms with Crippen LogP contribution in [0, 0.1) is 17.2 Å². The Kier molecular flexibility index (Phi) is 6.74. The normalized spacial score (nSPS) is 16.1. The van der Waals surface area contributed by atoms with Gasteiger partial charge in [-0.15, -0.1) is 0 Å². The number of nitrogens with zero attached hydrogens (tertiary/aromatic N) is 2. The summed E-state index contributed by atoms with van der Waals surface area (Å²) in [6, 6.07) is 2.54. The van der Waals surface area contributed by atoms with Gasteiger partial charge < -0.3 is 10.6 Å². The van der Waals surface area contributed by atoms with E-state index in [2.05, 4.69) is 13.0 Å². The molecule has 0 aromatic heterocycles. The molecule has 102 valence electrons. The molecule has 0 saturated heterocycles. The molecule has 4 heteroatoms. The predicted octanol–water partition coefficient (Wildman–Crippen LogP) is 2.05. The second-order valence-electron chi connectivity index (χ2n) is 5.12. The zero-order valence-corrected chi connectivity index (χ0v) is 11.4. The van der Waals surface area contributed by atoms with E-state index in [1.165, 1.54) is 0 Å². The van der Waals surface area contributed by atoms with Crippen molar-refractivity contribution in [2.45, 2.75) is 57.9 Å². The van der Waals surface area contributed by atoms with Gasteiger partial charge in [-0.3, -0.25) is 4.79 Å². The number of hydrogen-bond donors (Lipinski definition) is 1. The minimum Gasteiger partial charge on any atom is -0.339 e. The Bertz CT molecular complexity index is 294. The van der Waals surface area contributed by atoms with Crippen LogP contribution in [0.5, 0.6) is 0 Å². The fourth-order valence-electron chi connectivity index (χ4n) is 2.33. The first-order valence-electron chi connectivity index (χ1n) is 7.09. The standard InChI is InChI=1S/C14H25N3O/c1-2-12(8-10-16)4-7-14(18)17(11-3-9-15)13-5-6-13/h12-13H,2-8,10-11,16H2,1H3. The third kappa shape index (κ3) is 5.05. The summed E-state index contributed by atoms with van der Waals surface area (Å²) in [5.41, 5.74) is 5.56. The summed E-state index contributed by atoms with van der Waals surface area (Å²) in [5.74, 6) is 0.791. The van der Waals surface area contributed by atoms with Gasteiger partial charge in [0.05, 0.1) is 12.5 Å². The molecule has 0 spiro atoms. The molecule has 1 amide bonds. The number of hydrogen-bond acceptors (Lipinski definition) is 3. The maximum Gasteiger partial charge on any atom is 0.222 e. The van der Waals surface area contributed by atoms with E-state index < -0.39 is 0 Å². The average Bonchev–Trinajstić information content (AvgIpc) is 3.19. The average molecular weight is 251 g/mol. The minimum absolute atomic E-state index is 0.225. The zero-order chi connectivity index (χ0) is 13.4. The van der Waals surface area contributed by atoms with Crippen LogP contribution < -0.4 is 5.73 Å². The summed E-state index contributed by atoms with van der Waals surface area (Å²) in [6.45, 7) is 3.46. The molecule has 0 aromatic carbocycles. The molecule has 0 heterocycles. The first kappa shape index (κ1) is 15.0. The van der Waals surface area contributed by atoms with Gasteiger partial charge >= 0.3 is 0 Å². The summed E-state index contributed by atoms with van der Waals surface area (Å²) in [4.78, 5) is 14.1. The van der Waals surface area contributed by atoms with E-state index in [4.69, 9.17) is 11.0 Å². The molecule has 18 heavy (non-hydrogen) atoms. The second-order valence-corrected chi connectivity index (χ2v) is 5.12. The van der Waals surface area contributed by atoms with E-state index in [0.717, 1.165) is 32.1 Å². The quantitative estimate of drug-likeness (QED) is 0.681. The third-order valence-electron chi connectivity index (χ3n) is 3.69. The van der Waals surface area contributed by atoms with Crippen LogP contribution in [0.15, 0.2) is 0 Å². The lowest BCUT2D eigenvalue weighted by Gasteiger charge is -2.22. The predicted molar refractivity (Wildman–Crippen MR) is 71.7 cm³/mol. The van der Waals surface area contributed by atoms with Crippen molar-refractivity contribution >= 4 is 5.91 Å². The fourth-order valence-corrected chi connectivity index (χ4v) is 2.33. The van der Waals surface area contributed by atoms with Gasteiger partial charge in [-0.1, -0.05) is 13.3 Å². The molecule has 1 rings (SSSR count). The first-order chi connectivity index (χ1) is 8.72. The van der Waals surface area contributed by atoms with Crippen LogP contribution in [0.3, 0.4) is 0 Å². The van der Waals surface area contributed by atoms with Crippen LogP contribution in [-0.4, -0.2) is 29.9 Å². The zero-order valence-electron chi connectivity index (χ0n) is 11.4. The van der Waals surface area contributed by atoms with E-state index in [-0.39, 0.29) is 5.91 Å². The molecule has 4 nitrogen and oxygen atoms in total. The molecule has 1 unspecified atom stereocenters. The van der Waals surface area contributed by atoms with Crippen LogP contribution in [-0.2, 0) is 4.79 Å². The van der Waals surface area contributed by atoms with Gasteiger partial charge in [0.1, 0.15) is 0 Å². The summed E-state index contributed by atoms with van der Waals surface area (Å²) in [7, 11) is 0. The van der Waals surface area contributed by atoms with E-state index in [1.54, 1.807) is 0 Å². The smallest absolute Gasteiger partial charge is 0.222 e. The van der Waals surface area contributed by atoms with Crippen molar-refractivity contribution in [3.63, 3.8) is 0 Å². The molecule has 0 aliphatic heterocycles. The fraction of sp³-hybridized carbons (Fsp3) is 0.857. The van der Waals surface area contributed by atoms with Gasteiger partial charge in [-0.25, -0.2) is 0 Å². The molecule has 1 aliphatic carbocycles. The molecular formula is C14H25N3O. The minimum atomic E-state index is 0.225. The summed E-state index contributed by atoms with van der Waals surface area (Å²) in [5, 5.41) is 8.62. The van der Waals surface area contributed by atoms with Crippen molar-refractivity contribution in [3.05, 3.63) is 0 Å². The highest BCUT2D eigenvalue weighted by Gasteiger charge is 2.31. The van der Waals surface area contributed by atoms with E-state index in [0.29, 0.717) is 37.9 Å². The first-order valence-corrected chi connectivity index (χ1v) is 7.09. The van der Waals surface area contributed by atoms with Crippen molar-refractivity contribution in [1.29, 1.82) is 5.26 Å². The Hall–Kier alpha value is -1.08. The van der Waals surface area contributed by atoms with Crippen LogP contribution in [0.25, 0.3) is 0 Å². The molecule has 0 bridgehead atoms. The number of nitriles is 1. The van der Waals surface area contributed by atoms with Gasteiger partial charge in [0.2, 0.25) is 5.91 Å². The second kappa shape index (κ2) is 8.10. The number of rotatable bonds is 9. The summed E-state index contributed by atoms with van der Waals surface area (Å²) < 4.78 is 0. The molecule has 1 fully saturated rings. The molecule has 1 saturated carbocycles. The molecule has 2 N–H and O–H groups in total. The number of carbonyl (C=O) groups excluding carboxylic acids is 1. The van der Waals surface area contributed by atoms with Gasteiger partial charge in [-0.05, 0) is 38.1 Å². The molecule has 1 atom stereocenters. The van der Waals surface area contributed by atoms with Gasteiger partial charge in [0.25, 0.3) is 0 Å². The molecule has 1 aliphatic rings. The molecule has 0 aromatic rings. The Morgan fingerprint density at radius 2 is 2.22 bits per heavy atom. The Morgan fingerprint density at radius 1 is 1.50 bits per heavy atom. The maximum absolute atomic E-state index is 12.1. The number of nitrogens with two attached hydrogens (primary N) is 1. The topological polar surface area (TPSA) is 70.1 Å². The van der Waals surface area contributed by atoms with Gasteiger partial charge in [-0.2, -0.15) is 5.26 Å². The van der Waals surface area contributed by atoms with Crippen LogP contribution in [0.4, 0.5) is 0 Å². The lowest BCUT2D eigenvalue weighted by atomic mass is 9.96. The van der Waals surface area contributed by atoms with Crippen LogP contribution in [0.1, 0.15) is 51.9 Å². The number of amides is 1. The van der Waals surface area contributed by atoms with Crippen molar-refractivity contribution in [3.8, 4) is 6.07 Å². The monoisotopic (exact) mass is 251 g/mol. The van der Waals surface area contributed by atoms with E-state index >= 15 is 0 Å². The van der Waals surface area contributed by atoms with Crippen LogP contribution in [0.2, 0.25) is 0 Å². The van der Waals surface area contributed by atoms with Crippen molar-refractivity contribution in [1.82, 2.24) is 4.90 Å². The SMILES string of the molecule is CCC(CCN)CCC(=O)N(CCC#N)C1CC1.